The lowest BCUT2D eigenvalue weighted by molar-refractivity contribution is -0.385. The van der Waals surface area contributed by atoms with Crippen LogP contribution in [0.3, 0.4) is 0 Å². The number of aryl methyl sites for hydroxylation is 1. The summed E-state index contributed by atoms with van der Waals surface area (Å²) in [4.78, 5) is 14.5. The summed E-state index contributed by atoms with van der Waals surface area (Å²) in [5.41, 5.74) is 1.81. The predicted octanol–water partition coefficient (Wildman–Crippen LogP) is 2.20. The fourth-order valence-corrected chi connectivity index (χ4v) is 1.52. The Morgan fingerprint density at radius 3 is 2.93 bits per heavy atom. The molecule has 5 nitrogen and oxygen atoms in total. The van der Waals surface area contributed by atoms with Crippen LogP contribution in [0.2, 0.25) is 0 Å². The molecule has 0 atom stereocenters. The van der Waals surface area contributed by atoms with E-state index in [1.54, 1.807) is 10.5 Å². The molecule has 0 bridgehead atoms. The number of imidazole rings is 1. The monoisotopic (exact) mass is 205 g/mol. The largest absolute Gasteiger partial charge is 0.300 e. The lowest BCUT2D eigenvalue weighted by Gasteiger charge is -1.92. The highest BCUT2D eigenvalue weighted by Crippen LogP contribution is 2.14. The van der Waals surface area contributed by atoms with Crippen molar-refractivity contribution in [2.45, 2.75) is 19.8 Å². The number of nitrogens with zero attached hydrogens (tertiary/aromatic N) is 3. The minimum absolute atomic E-state index is 0.0861. The summed E-state index contributed by atoms with van der Waals surface area (Å²) in [6.07, 6.45) is 5.24. The second-order valence-electron chi connectivity index (χ2n) is 3.39. The van der Waals surface area contributed by atoms with Crippen LogP contribution < -0.4 is 0 Å². The van der Waals surface area contributed by atoms with E-state index in [0.29, 0.717) is 0 Å². The maximum atomic E-state index is 10.5. The highest BCUT2D eigenvalue weighted by molar-refractivity contribution is 5.45. The molecule has 2 aromatic heterocycles. The molecule has 0 amide bonds. The summed E-state index contributed by atoms with van der Waals surface area (Å²) in [7, 11) is 0. The normalized spacial score (nSPS) is 10.7. The van der Waals surface area contributed by atoms with Crippen molar-refractivity contribution >= 4 is 11.3 Å². The molecule has 0 fully saturated rings. The molecule has 15 heavy (non-hydrogen) atoms. The van der Waals surface area contributed by atoms with Gasteiger partial charge in [-0.05, 0) is 12.5 Å². The number of hydrogen-bond donors (Lipinski definition) is 0. The van der Waals surface area contributed by atoms with E-state index in [1.165, 1.54) is 12.3 Å². The Morgan fingerprint density at radius 2 is 2.27 bits per heavy atom. The first kappa shape index (κ1) is 9.64. The van der Waals surface area contributed by atoms with Gasteiger partial charge >= 0.3 is 0 Å². The minimum atomic E-state index is -0.404. The number of rotatable bonds is 3. The molecular formula is C10H11N3O2. The van der Waals surface area contributed by atoms with Crippen LogP contribution in [0.4, 0.5) is 5.69 Å². The lowest BCUT2D eigenvalue weighted by atomic mass is 10.3. The van der Waals surface area contributed by atoms with Gasteiger partial charge in [0.15, 0.2) is 0 Å². The molecule has 0 saturated carbocycles. The quantitative estimate of drug-likeness (QED) is 0.570. The van der Waals surface area contributed by atoms with Crippen molar-refractivity contribution in [1.82, 2.24) is 9.38 Å². The van der Waals surface area contributed by atoms with Crippen molar-refractivity contribution in [1.29, 1.82) is 0 Å². The number of nitro groups is 1. The van der Waals surface area contributed by atoms with Gasteiger partial charge in [-0.2, -0.15) is 0 Å². The van der Waals surface area contributed by atoms with Gasteiger partial charge in [-0.3, -0.25) is 14.5 Å². The topological polar surface area (TPSA) is 60.4 Å². The molecule has 0 aliphatic heterocycles. The Hall–Kier alpha value is -1.91. The summed E-state index contributed by atoms with van der Waals surface area (Å²) < 4.78 is 1.70. The van der Waals surface area contributed by atoms with Gasteiger partial charge in [0.1, 0.15) is 5.65 Å². The maximum Gasteiger partial charge on any atom is 0.286 e. The molecule has 0 aliphatic rings. The first-order valence-corrected chi connectivity index (χ1v) is 4.82. The van der Waals surface area contributed by atoms with Crippen LogP contribution in [0.1, 0.15) is 19.0 Å². The lowest BCUT2D eigenvalue weighted by Crippen LogP contribution is -1.90. The fourth-order valence-electron chi connectivity index (χ4n) is 1.52. The molecule has 0 aliphatic carbocycles. The van der Waals surface area contributed by atoms with Crippen molar-refractivity contribution in [2.75, 3.05) is 0 Å². The van der Waals surface area contributed by atoms with Crippen LogP contribution in [-0.2, 0) is 6.42 Å². The van der Waals surface area contributed by atoms with E-state index in [9.17, 15) is 10.1 Å². The van der Waals surface area contributed by atoms with Crippen LogP contribution in [0.5, 0.6) is 0 Å². The molecule has 0 unspecified atom stereocenters. The van der Waals surface area contributed by atoms with E-state index in [0.717, 1.165) is 24.2 Å². The zero-order chi connectivity index (χ0) is 10.8. The second-order valence-corrected chi connectivity index (χ2v) is 3.39. The third kappa shape index (κ3) is 1.81. The van der Waals surface area contributed by atoms with Gasteiger partial charge in [-0.15, -0.1) is 0 Å². The third-order valence-electron chi connectivity index (χ3n) is 2.20. The third-order valence-corrected chi connectivity index (χ3v) is 2.20. The van der Waals surface area contributed by atoms with Crippen LogP contribution in [0.15, 0.2) is 24.5 Å². The standard InChI is InChI=1S/C10H11N3O2/c1-2-3-8-6-12-7-9(13(14)15)4-5-10(12)11-8/h4-7H,2-3H2,1H3. The van der Waals surface area contributed by atoms with Gasteiger partial charge in [0.05, 0.1) is 16.8 Å². The van der Waals surface area contributed by atoms with Gasteiger partial charge in [0, 0.05) is 12.3 Å². The van der Waals surface area contributed by atoms with Crippen LogP contribution in [0.25, 0.3) is 5.65 Å². The summed E-state index contributed by atoms with van der Waals surface area (Å²) in [6.45, 7) is 2.08. The van der Waals surface area contributed by atoms with E-state index in [4.69, 9.17) is 0 Å². The molecule has 0 saturated heterocycles. The molecule has 0 aromatic carbocycles. The van der Waals surface area contributed by atoms with Crippen molar-refractivity contribution < 1.29 is 4.92 Å². The van der Waals surface area contributed by atoms with E-state index in [1.807, 2.05) is 6.20 Å². The molecule has 78 valence electrons. The molecule has 0 radical (unpaired) electrons. The summed E-state index contributed by atoms with van der Waals surface area (Å²) in [5, 5.41) is 10.5. The first-order chi connectivity index (χ1) is 7.20. The Morgan fingerprint density at radius 1 is 1.47 bits per heavy atom. The van der Waals surface area contributed by atoms with Crippen molar-refractivity contribution in [2.24, 2.45) is 0 Å². The van der Waals surface area contributed by atoms with Crippen LogP contribution >= 0.6 is 0 Å². The average Bonchev–Trinajstić information content (AvgIpc) is 2.59. The zero-order valence-corrected chi connectivity index (χ0v) is 8.38. The first-order valence-electron chi connectivity index (χ1n) is 4.82. The van der Waals surface area contributed by atoms with Crippen molar-refractivity contribution in [3.05, 3.63) is 40.3 Å². The molecule has 0 N–H and O–H groups in total. The van der Waals surface area contributed by atoms with Crippen molar-refractivity contribution in [3.8, 4) is 0 Å². The minimum Gasteiger partial charge on any atom is -0.300 e. The number of fused-ring (bicyclic) bond motifs is 1. The molecule has 5 heteroatoms. The van der Waals surface area contributed by atoms with E-state index in [2.05, 4.69) is 11.9 Å². The smallest absolute Gasteiger partial charge is 0.286 e. The van der Waals surface area contributed by atoms with E-state index >= 15 is 0 Å². The van der Waals surface area contributed by atoms with Gasteiger partial charge in [-0.1, -0.05) is 13.3 Å². The Bertz CT molecular complexity index is 504. The Kier molecular flexibility index (Phi) is 2.37. The van der Waals surface area contributed by atoms with Gasteiger partial charge < -0.3 is 0 Å². The van der Waals surface area contributed by atoms with Crippen molar-refractivity contribution in [3.63, 3.8) is 0 Å². The van der Waals surface area contributed by atoms with Crippen LogP contribution in [-0.4, -0.2) is 14.3 Å². The predicted molar refractivity (Wildman–Crippen MR) is 55.8 cm³/mol. The molecule has 2 aromatic rings. The number of aromatic nitrogens is 2. The SMILES string of the molecule is CCCc1cn2cc([N+](=O)[O-])ccc2n1. The maximum absolute atomic E-state index is 10.5. The highest BCUT2D eigenvalue weighted by atomic mass is 16.6. The highest BCUT2D eigenvalue weighted by Gasteiger charge is 2.07. The van der Waals surface area contributed by atoms with Gasteiger partial charge in [0.25, 0.3) is 5.69 Å². The summed E-state index contributed by atoms with van der Waals surface area (Å²) in [6, 6.07) is 3.13. The summed E-state index contributed by atoms with van der Waals surface area (Å²) in [5.74, 6) is 0. The Labute approximate surface area is 86.5 Å². The molecule has 0 spiro atoms. The van der Waals surface area contributed by atoms with E-state index in [-0.39, 0.29) is 5.69 Å². The average molecular weight is 205 g/mol. The molecular weight excluding hydrogens is 194 g/mol. The Balaban J connectivity index is 2.47. The van der Waals surface area contributed by atoms with Crippen LogP contribution in [0, 0.1) is 10.1 Å². The molecule has 2 rings (SSSR count). The fraction of sp³-hybridized carbons (Fsp3) is 0.300. The van der Waals surface area contributed by atoms with Gasteiger partial charge in [-0.25, -0.2) is 4.98 Å². The van der Waals surface area contributed by atoms with Gasteiger partial charge in [0.2, 0.25) is 0 Å². The number of hydrogen-bond acceptors (Lipinski definition) is 3. The number of pyridine rings is 1. The molecule has 2 heterocycles. The zero-order valence-electron chi connectivity index (χ0n) is 8.38. The van der Waals surface area contributed by atoms with E-state index < -0.39 is 4.92 Å². The summed E-state index contributed by atoms with van der Waals surface area (Å²) >= 11 is 0. The second kappa shape index (κ2) is 3.68.